The number of rotatable bonds is 11. The molecule has 0 spiro atoms. The number of aliphatic carboxylic acids is 1. The van der Waals surface area contributed by atoms with Gasteiger partial charge in [-0.05, 0) is 37.9 Å². The van der Waals surface area contributed by atoms with Crippen LogP contribution < -0.4 is 5.32 Å². The van der Waals surface area contributed by atoms with Gasteiger partial charge in [-0.15, -0.1) is 0 Å². The number of amides is 1. The summed E-state index contributed by atoms with van der Waals surface area (Å²) in [4.78, 5) is 26.5. The van der Waals surface area contributed by atoms with Gasteiger partial charge >= 0.3 is 5.97 Å². The molecule has 2 atom stereocenters. The number of unbranched alkanes of at least 4 members (excludes halogenated alkanes) is 4. The van der Waals surface area contributed by atoms with E-state index in [1.807, 2.05) is 30.3 Å². The lowest BCUT2D eigenvalue weighted by atomic mass is 10.1. The van der Waals surface area contributed by atoms with Gasteiger partial charge in [0, 0.05) is 6.42 Å². The van der Waals surface area contributed by atoms with E-state index in [2.05, 4.69) is 17.1 Å². The van der Waals surface area contributed by atoms with Crippen LogP contribution in [0.1, 0.15) is 57.4 Å². The third-order valence-electron chi connectivity index (χ3n) is 5.11. The molecule has 0 aromatic heterocycles. The highest BCUT2D eigenvalue weighted by molar-refractivity contribution is 5.87. The molecule has 0 saturated carbocycles. The number of carbonyl (C=O) groups excluding carboxylic acids is 1. The average Bonchev–Trinajstić information content (AvgIpc) is 3.10. The molecule has 1 saturated heterocycles. The largest absolute Gasteiger partial charge is 0.480 e. The molecular formula is C21H32N2O3. The fourth-order valence-electron chi connectivity index (χ4n) is 3.63. The maximum absolute atomic E-state index is 12.7. The summed E-state index contributed by atoms with van der Waals surface area (Å²) in [6, 6.07) is 8.38. The van der Waals surface area contributed by atoms with Crippen molar-refractivity contribution in [2.24, 2.45) is 0 Å². The molecule has 2 rings (SSSR count). The van der Waals surface area contributed by atoms with Crippen LogP contribution in [0.3, 0.4) is 0 Å². The zero-order valence-corrected chi connectivity index (χ0v) is 15.8. The number of hydrogen-bond donors (Lipinski definition) is 2. The standard InChI is InChI=1S/C21H32N2O3/c1-2-3-4-5-9-14-23-15-10-13-19(23)20(24)22-18(21(25)26)16-17-11-7-6-8-12-17/h6-8,11-12,18-19H,2-5,9-10,13-16H2,1H3,(H,22,24)(H,25,26)/t18-,19-/m0/s1. The summed E-state index contributed by atoms with van der Waals surface area (Å²) in [5, 5.41) is 12.3. The van der Waals surface area contributed by atoms with Crippen molar-refractivity contribution in [2.45, 2.75) is 70.4 Å². The maximum Gasteiger partial charge on any atom is 0.326 e. The Morgan fingerprint density at radius 1 is 1.19 bits per heavy atom. The van der Waals surface area contributed by atoms with Crippen molar-refractivity contribution in [2.75, 3.05) is 13.1 Å². The van der Waals surface area contributed by atoms with Crippen LogP contribution in [-0.4, -0.2) is 47.1 Å². The zero-order valence-electron chi connectivity index (χ0n) is 15.8. The van der Waals surface area contributed by atoms with Gasteiger partial charge in [0.15, 0.2) is 0 Å². The molecule has 144 valence electrons. The molecule has 1 aliphatic heterocycles. The van der Waals surface area contributed by atoms with Crippen molar-refractivity contribution in [3.05, 3.63) is 35.9 Å². The number of benzene rings is 1. The Morgan fingerprint density at radius 3 is 2.62 bits per heavy atom. The predicted molar refractivity (Wildman–Crippen MR) is 103 cm³/mol. The monoisotopic (exact) mass is 360 g/mol. The van der Waals surface area contributed by atoms with Gasteiger partial charge in [0.05, 0.1) is 6.04 Å². The second kappa shape index (κ2) is 11.0. The summed E-state index contributed by atoms with van der Waals surface area (Å²) < 4.78 is 0. The van der Waals surface area contributed by atoms with Gasteiger partial charge in [-0.3, -0.25) is 9.69 Å². The average molecular weight is 360 g/mol. The van der Waals surface area contributed by atoms with Crippen molar-refractivity contribution in [1.29, 1.82) is 0 Å². The van der Waals surface area contributed by atoms with Crippen LogP contribution in [-0.2, 0) is 16.0 Å². The van der Waals surface area contributed by atoms with Crippen molar-refractivity contribution in [3.63, 3.8) is 0 Å². The van der Waals surface area contributed by atoms with E-state index in [0.717, 1.165) is 37.9 Å². The van der Waals surface area contributed by atoms with Gasteiger partial charge in [-0.2, -0.15) is 0 Å². The lowest BCUT2D eigenvalue weighted by Crippen LogP contribution is -2.50. The molecule has 1 heterocycles. The van der Waals surface area contributed by atoms with Gasteiger partial charge in [-0.1, -0.05) is 62.9 Å². The Bertz CT molecular complexity index is 562. The second-order valence-corrected chi connectivity index (χ2v) is 7.20. The van der Waals surface area contributed by atoms with E-state index in [4.69, 9.17) is 0 Å². The third kappa shape index (κ3) is 6.45. The first-order chi connectivity index (χ1) is 12.6. The van der Waals surface area contributed by atoms with E-state index < -0.39 is 12.0 Å². The molecule has 1 fully saturated rings. The zero-order chi connectivity index (χ0) is 18.8. The van der Waals surface area contributed by atoms with Crippen LogP contribution in [0, 0.1) is 0 Å². The van der Waals surface area contributed by atoms with Gasteiger partial charge in [0.25, 0.3) is 0 Å². The minimum Gasteiger partial charge on any atom is -0.480 e. The highest BCUT2D eigenvalue weighted by Crippen LogP contribution is 2.19. The number of hydrogen-bond acceptors (Lipinski definition) is 3. The SMILES string of the molecule is CCCCCCCN1CCC[C@H]1C(=O)N[C@@H](Cc1ccccc1)C(=O)O. The molecule has 5 heteroatoms. The van der Waals surface area contributed by atoms with Gasteiger partial charge in [0.1, 0.15) is 6.04 Å². The molecule has 0 aliphatic carbocycles. The quantitative estimate of drug-likeness (QED) is 0.595. The normalized spacial score (nSPS) is 18.6. The Balaban J connectivity index is 1.85. The summed E-state index contributed by atoms with van der Waals surface area (Å²) in [5.41, 5.74) is 0.916. The number of carboxylic acid groups (broad SMARTS) is 1. The van der Waals surface area contributed by atoms with E-state index in [1.165, 1.54) is 25.7 Å². The van der Waals surface area contributed by atoms with Gasteiger partial charge in [-0.25, -0.2) is 4.79 Å². The topological polar surface area (TPSA) is 69.6 Å². The van der Waals surface area contributed by atoms with Crippen molar-refractivity contribution in [3.8, 4) is 0 Å². The highest BCUT2D eigenvalue weighted by atomic mass is 16.4. The Morgan fingerprint density at radius 2 is 1.92 bits per heavy atom. The van der Waals surface area contributed by atoms with Gasteiger partial charge < -0.3 is 10.4 Å². The van der Waals surface area contributed by atoms with E-state index in [9.17, 15) is 14.7 Å². The fourth-order valence-corrected chi connectivity index (χ4v) is 3.63. The lowest BCUT2D eigenvalue weighted by Gasteiger charge is -2.25. The van der Waals surface area contributed by atoms with Crippen LogP contribution in [0.4, 0.5) is 0 Å². The van der Waals surface area contributed by atoms with Crippen LogP contribution in [0.2, 0.25) is 0 Å². The molecule has 26 heavy (non-hydrogen) atoms. The molecule has 1 amide bonds. The second-order valence-electron chi connectivity index (χ2n) is 7.20. The molecular weight excluding hydrogens is 328 g/mol. The van der Waals surface area contributed by atoms with E-state index in [-0.39, 0.29) is 11.9 Å². The van der Waals surface area contributed by atoms with Crippen LogP contribution in [0.5, 0.6) is 0 Å². The summed E-state index contributed by atoms with van der Waals surface area (Å²) in [5.74, 6) is -1.12. The van der Waals surface area contributed by atoms with Crippen molar-refractivity contribution in [1.82, 2.24) is 10.2 Å². The number of nitrogens with zero attached hydrogens (tertiary/aromatic N) is 1. The number of carboxylic acids is 1. The summed E-state index contributed by atoms with van der Waals surface area (Å²) in [7, 11) is 0. The number of nitrogens with one attached hydrogen (secondary N) is 1. The Kier molecular flexibility index (Phi) is 8.62. The van der Waals surface area contributed by atoms with E-state index in [0.29, 0.717) is 6.42 Å². The first-order valence-electron chi connectivity index (χ1n) is 9.93. The first-order valence-corrected chi connectivity index (χ1v) is 9.93. The smallest absolute Gasteiger partial charge is 0.326 e. The molecule has 2 N–H and O–H groups in total. The summed E-state index contributed by atoms with van der Waals surface area (Å²) >= 11 is 0. The molecule has 1 aromatic carbocycles. The molecule has 0 unspecified atom stereocenters. The Hall–Kier alpha value is -1.88. The van der Waals surface area contributed by atoms with Crippen LogP contribution >= 0.6 is 0 Å². The van der Waals surface area contributed by atoms with Crippen molar-refractivity contribution < 1.29 is 14.7 Å². The molecule has 0 radical (unpaired) electrons. The van der Waals surface area contributed by atoms with E-state index >= 15 is 0 Å². The molecule has 0 bridgehead atoms. The highest BCUT2D eigenvalue weighted by Gasteiger charge is 2.32. The third-order valence-corrected chi connectivity index (χ3v) is 5.11. The fraction of sp³-hybridized carbons (Fsp3) is 0.619. The number of likely N-dealkylation sites (tertiary alicyclic amines) is 1. The first kappa shape index (κ1) is 20.4. The molecule has 1 aliphatic rings. The van der Waals surface area contributed by atoms with Gasteiger partial charge in [0.2, 0.25) is 5.91 Å². The Labute approximate surface area is 156 Å². The molecule has 1 aromatic rings. The predicted octanol–water partition coefficient (Wildman–Crippen LogP) is 3.23. The van der Waals surface area contributed by atoms with Crippen molar-refractivity contribution >= 4 is 11.9 Å². The maximum atomic E-state index is 12.7. The summed E-state index contributed by atoms with van der Waals surface area (Å²) in [6.45, 7) is 4.07. The lowest BCUT2D eigenvalue weighted by molar-refractivity contribution is -0.142. The molecule has 5 nitrogen and oxygen atoms in total. The minimum atomic E-state index is -0.980. The minimum absolute atomic E-state index is 0.139. The van der Waals surface area contributed by atoms with Crippen LogP contribution in [0.15, 0.2) is 30.3 Å². The van der Waals surface area contributed by atoms with Crippen LogP contribution in [0.25, 0.3) is 0 Å². The number of carbonyl (C=O) groups is 2. The summed E-state index contributed by atoms with van der Waals surface area (Å²) in [6.07, 6.45) is 8.18. The van der Waals surface area contributed by atoms with E-state index in [1.54, 1.807) is 0 Å².